The Labute approximate surface area is 273 Å². The molecule has 5 aromatic carbocycles. The number of hydrogen-bond acceptors (Lipinski definition) is 4. The molecule has 0 radical (unpaired) electrons. The summed E-state index contributed by atoms with van der Waals surface area (Å²) >= 11 is 2.33. The van der Waals surface area contributed by atoms with Crippen molar-refractivity contribution >= 4 is 51.0 Å². The first-order valence-electron chi connectivity index (χ1n) is 15.3. The van der Waals surface area contributed by atoms with Gasteiger partial charge in [-0.25, -0.2) is 0 Å². The fourth-order valence-electron chi connectivity index (χ4n) is 6.59. The van der Waals surface area contributed by atoms with E-state index in [-0.39, 0.29) is 6.04 Å². The smallest absolute Gasteiger partial charge is 0.175 e. The second kappa shape index (κ2) is 12.5. The normalized spacial score (nSPS) is 18.7. The second-order valence-electron chi connectivity index (χ2n) is 11.6. The van der Waals surface area contributed by atoms with E-state index in [0.717, 1.165) is 38.3 Å². The molecule has 44 heavy (non-hydrogen) atoms. The van der Waals surface area contributed by atoms with Crippen molar-refractivity contribution in [3.05, 3.63) is 141 Å². The number of ether oxygens (including phenoxy) is 2. The van der Waals surface area contributed by atoms with E-state index in [2.05, 4.69) is 138 Å². The third kappa shape index (κ3) is 5.73. The van der Waals surface area contributed by atoms with Crippen molar-refractivity contribution < 1.29 is 9.47 Å². The number of hydrogen-bond donors (Lipinski definition) is 1. The van der Waals surface area contributed by atoms with Gasteiger partial charge in [0.15, 0.2) is 11.5 Å². The van der Waals surface area contributed by atoms with Gasteiger partial charge in [-0.1, -0.05) is 84.4 Å². The van der Waals surface area contributed by atoms with Gasteiger partial charge in [0.1, 0.15) is 6.61 Å². The minimum absolute atomic E-state index is 0.278. The van der Waals surface area contributed by atoms with Crippen molar-refractivity contribution in [2.45, 2.75) is 38.8 Å². The number of aliphatic imine (C=N–C) groups is 1. The summed E-state index contributed by atoms with van der Waals surface area (Å²) in [6, 6.07) is 34.6. The van der Waals surface area contributed by atoms with E-state index < -0.39 is 0 Å². The first-order chi connectivity index (χ1) is 21.6. The SMILES string of the molecule is CCOc1cc(C=Nc2ccc([C@@H]3Nc4ccc(C)cc4[C@@H]4C=CC[C@@H]43)cc2)cc(I)c1OCc1cccc2ccccc12. The Bertz CT molecular complexity index is 1870. The van der Waals surface area contributed by atoms with E-state index >= 15 is 0 Å². The summed E-state index contributed by atoms with van der Waals surface area (Å²) in [5, 5.41) is 6.26. The molecule has 5 heteroatoms. The Hall–Kier alpha value is -4.10. The number of nitrogens with one attached hydrogen (secondary N) is 1. The van der Waals surface area contributed by atoms with Crippen molar-refractivity contribution in [3.8, 4) is 11.5 Å². The summed E-state index contributed by atoms with van der Waals surface area (Å²) in [6.07, 6.45) is 7.74. The van der Waals surface area contributed by atoms with Crippen molar-refractivity contribution in [1.82, 2.24) is 0 Å². The van der Waals surface area contributed by atoms with Crippen LogP contribution < -0.4 is 14.8 Å². The first kappa shape index (κ1) is 28.7. The lowest BCUT2D eigenvalue weighted by Gasteiger charge is -2.37. The molecular weight excluding hydrogens is 655 g/mol. The highest BCUT2D eigenvalue weighted by Gasteiger charge is 2.37. The molecule has 4 nitrogen and oxygen atoms in total. The maximum atomic E-state index is 6.37. The molecule has 3 atom stereocenters. The Kier molecular flexibility index (Phi) is 8.13. The maximum absolute atomic E-state index is 6.37. The Morgan fingerprint density at radius 2 is 1.77 bits per heavy atom. The van der Waals surface area contributed by atoms with E-state index in [1.165, 1.54) is 33.2 Å². The molecule has 0 unspecified atom stereocenters. The summed E-state index contributed by atoms with van der Waals surface area (Å²) in [5.41, 5.74) is 8.34. The molecule has 1 heterocycles. The van der Waals surface area contributed by atoms with Gasteiger partial charge < -0.3 is 14.8 Å². The van der Waals surface area contributed by atoms with Crippen LogP contribution in [0.15, 0.2) is 114 Å². The largest absolute Gasteiger partial charge is 0.490 e. The number of fused-ring (bicyclic) bond motifs is 4. The lowest BCUT2D eigenvalue weighted by molar-refractivity contribution is 0.268. The fourth-order valence-corrected chi connectivity index (χ4v) is 7.38. The van der Waals surface area contributed by atoms with Crippen LogP contribution in [-0.2, 0) is 6.61 Å². The van der Waals surface area contributed by atoms with Crippen molar-refractivity contribution in [2.24, 2.45) is 10.9 Å². The van der Waals surface area contributed by atoms with Crippen LogP contribution in [0.1, 0.15) is 53.1 Å². The van der Waals surface area contributed by atoms with Crippen molar-refractivity contribution in [3.63, 3.8) is 0 Å². The van der Waals surface area contributed by atoms with Crippen molar-refractivity contribution in [2.75, 3.05) is 11.9 Å². The molecule has 0 saturated carbocycles. The highest BCUT2D eigenvalue weighted by molar-refractivity contribution is 14.1. The highest BCUT2D eigenvalue weighted by atomic mass is 127. The summed E-state index contributed by atoms with van der Waals surface area (Å²) in [6.45, 7) is 5.19. The van der Waals surface area contributed by atoms with Crippen LogP contribution >= 0.6 is 22.6 Å². The first-order valence-corrected chi connectivity index (χ1v) is 16.4. The molecule has 220 valence electrons. The molecule has 0 saturated heterocycles. The Balaban J connectivity index is 1.08. The van der Waals surface area contributed by atoms with Gasteiger partial charge in [-0.3, -0.25) is 4.99 Å². The van der Waals surface area contributed by atoms with Crippen LogP contribution in [0.25, 0.3) is 10.8 Å². The zero-order valence-electron chi connectivity index (χ0n) is 25.0. The van der Waals surface area contributed by atoms with Gasteiger partial charge in [0.05, 0.1) is 21.9 Å². The number of nitrogens with zero attached hydrogens (tertiary/aromatic N) is 1. The number of halogens is 1. The molecule has 2 aliphatic rings. The molecule has 0 aromatic heterocycles. The third-order valence-electron chi connectivity index (χ3n) is 8.72. The maximum Gasteiger partial charge on any atom is 0.175 e. The van der Waals surface area contributed by atoms with Gasteiger partial charge in [-0.05, 0) is 112 Å². The predicted octanol–water partition coefficient (Wildman–Crippen LogP) is 10.3. The van der Waals surface area contributed by atoms with Crippen LogP contribution in [-0.4, -0.2) is 12.8 Å². The van der Waals surface area contributed by atoms with Gasteiger partial charge in [0.25, 0.3) is 0 Å². The Morgan fingerprint density at radius 3 is 2.64 bits per heavy atom. The molecule has 0 bridgehead atoms. The minimum atomic E-state index is 0.278. The van der Waals surface area contributed by atoms with Gasteiger partial charge in [0, 0.05) is 17.8 Å². The van der Waals surface area contributed by atoms with Crippen LogP contribution in [0.3, 0.4) is 0 Å². The lowest BCUT2D eigenvalue weighted by atomic mass is 9.76. The van der Waals surface area contributed by atoms with E-state index in [1.54, 1.807) is 0 Å². The monoisotopic (exact) mass is 690 g/mol. The average Bonchev–Trinajstić information content (AvgIpc) is 3.54. The molecule has 0 amide bonds. The minimum Gasteiger partial charge on any atom is -0.490 e. The molecule has 0 fully saturated rings. The van der Waals surface area contributed by atoms with Crippen LogP contribution in [0.5, 0.6) is 11.5 Å². The third-order valence-corrected chi connectivity index (χ3v) is 9.52. The van der Waals surface area contributed by atoms with Crippen molar-refractivity contribution in [1.29, 1.82) is 0 Å². The number of allylic oxidation sites excluding steroid dienone is 2. The summed E-state index contributed by atoms with van der Waals surface area (Å²) in [5.74, 6) is 2.49. The van der Waals surface area contributed by atoms with Crippen LogP contribution in [0.2, 0.25) is 0 Å². The molecule has 0 spiro atoms. The predicted molar refractivity (Wildman–Crippen MR) is 190 cm³/mol. The summed E-state index contributed by atoms with van der Waals surface area (Å²) < 4.78 is 13.4. The van der Waals surface area contributed by atoms with Crippen LogP contribution in [0.4, 0.5) is 11.4 Å². The molecule has 1 N–H and O–H groups in total. The number of benzene rings is 5. The average molecular weight is 691 g/mol. The summed E-state index contributed by atoms with van der Waals surface area (Å²) in [4.78, 5) is 4.82. The van der Waals surface area contributed by atoms with Gasteiger partial charge >= 0.3 is 0 Å². The van der Waals surface area contributed by atoms with Gasteiger partial charge in [0.2, 0.25) is 0 Å². The zero-order valence-corrected chi connectivity index (χ0v) is 27.1. The van der Waals surface area contributed by atoms with Crippen LogP contribution in [0, 0.1) is 16.4 Å². The van der Waals surface area contributed by atoms with E-state index in [0.29, 0.717) is 25.0 Å². The zero-order chi connectivity index (χ0) is 30.0. The number of anilines is 1. The van der Waals surface area contributed by atoms with E-state index in [9.17, 15) is 0 Å². The molecular formula is C39H35IN2O2. The quantitative estimate of drug-likeness (QED) is 0.100. The molecule has 5 aromatic rings. The molecule has 1 aliphatic carbocycles. The topological polar surface area (TPSA) is 42.8 Å². The fraction of sp³-hybridized carbons (Fsp3) is 0.205. The number of rotatable bonds is 8. The summed E-state index contributed by atoms with van der Waals surface area (Å²) in [7, 11) is 0. The van der Waals surface area contributed by atoms with Gasteiger partial charge in [-0.15, -0.1) is 0 Å². The standard InChI is InChI=1S/C39H35IN2O2/c1-3-43-37-22-26(21-35(40)39(37)44-24-29-10-6-9-27-8-4-5-11-31(27)29)23-41-30-17-15-28(16-18-30)38-33-13-7-12-32(33)34-20-25(2)14-19-36(34)42-38/h4-12,14-23,32-33,38,42H,3,13,24H2,1-2H3/t32-,33+,38+/m1/s1. The second-order valence-corrected chi connectivity index (χ2v) is 12.8. The van der Waals surface area contributed by atoms with E-state index in [4.69, 9.17) is 14.5 Å². The highest BCUT2D eigenvalue weighted by Crippen LogP contribution is 2.50. The molecule has 1 aliphatic heterocycles. The number of aryl methyl sites for hydroxylation is 1. The Morgan fingerprint density at radius 1 is 0.932 bits per heavy atom. The molecule has 7 rings (SSSR count). The van der Waals surface area contributed by atoms with E-state index in [1.807, 2.05) is 19.2 Å². The van der Waals surface area contributed by atoms with Gasteiger partial charge in [-0.2, -0.15) is 0 Å². The lowest BCUT2D eigenvalue weighted by Crippen LogP contribution is -2.29.